The largest absolute Gasteiger partial charge is 0.346 e. The number of non-ortho nitro benzene ring substituents is 1. The molecule has 1 aromatic heterocycles. The van der Waals surface area contributed by atoms with Gasteiger partial charge in [-0.2, -0.15) is 5.10 Å². The Hall–Kier alpha value is -2.70. The molecule has 0 radical (unpaired) electrons. The van der Waals surface area contributed by atoms with Gasteiger partial charge in [-0.3, -0.25) is 19.6 Å². The van der Waals surface area contributed by atoms with Crippen LogP contribution < -0.4 is 5.32 Å². The fourth-order valence-corrected chi connectivity index (χ4v) is 1.83. The number of aromatic nitrogens is 2. The van der Waals surface area contributed by atoms with E-state index in [1.807, 2.05) is 13.0 Å². The highest BCUT2D eigenvalue weighted by molar-refractivity contribution is 5.94. The minimum absolute atomic E-state index is 0.101. The molecule has 2 rings (SSSR count). The van der Waals surface area contributed by atoms with E-state index in [4.69, 9.17) is 0 Å². The highest BCUT2D eigenvalue weighted by Crippen LogP contribution is 2.13. The second-order valence-electron chi connectivity index (χ2n) is 4.13. The van der Waals surface area contributed by atoms with Gasteiger partial charge in [0.1, 0.15) is 0 Å². The molecule has 0 unspecified atom stereocenters. The van der Waals surface area contributed by atoms with Crippen LogP contribution in [-0.2, 0) is 13.1 Å². The fourth-order valence-electron chi connectivity index (χ4n) is 1.83. The van der Waals surface area contributed by atoms with Crippen LogP contribution in [0.4, 0.5) is 5.69 Å². The molecule has 1 heterocycles. The van der Waals surface area contributed by atoms with E-state index in [9.17, 15) is 14.9 Å². The van der Waals surface area contributed by atoms with Crippen LogP contribution in [0.3, 0.4) is 0 Å². The first-order valence-corrected chi connectivity index (χ1v) is 6.15. The number of hydrogen-bond acceptors (Lipinski definition) is 4. The van der Waals surface area contributed by atoms with Crippen LogP contribution in [0.15, 0.2) is 36.5 Å². The van der Waals surface area contributed by atoms with Gasteiger partial charge in [-0.1, -0.05) is 6.07 Å². The van der Waals surface area contributed by atoms with Crippen molar-refractivity contribution in [3.8, 4) is 0 Å². The molecule has 0 bridgehead atoms. The molecule has 0 aliphatic rings. The Morgan fingerprint density at radius 3 is 2.95 bits per heavy atom. The lowest BCUT2D eigenvalue weighted by Gasteiger charge is -2.07. The molecule has 7 heteroatoms. The van der Waals surface area contributed by atoms with E-state index in [1.54, 1.807) is 16.9 Å². The standard InChI is InChI=1S/C13H14N4O3/c1-2-16-12(6-7-15-16)9-14-13(18)10-4-3-5-11(8-10)17(19)20/h3-8H,2,9H2,1H3,(H,14,18). The summed E-state index contributed by atoms with van der Waals surface area (Å²) < 4.78 is 1.77. The molecule has 0 fully saturated rings. The third-order valence-electron chi connectivity index (χ3n) is 2.85. The summed E-state index contributed by atoms with van der Waals surface area (Å²) >= 11 is 0. The molecule has 104 valence electrons. The molecule has 7 nitrogen and oxygen atoms in total. The summed E-state index contributed by atoms with van der Waals surface area (Å²) in [6, 6.07) is 7.45. The lowest BCUT2D eigenvalue weighted by Crippen LogP contribution is -2.24. The first-order valence-electron chi connectivity index (χ1n) is 6.15. The molecule has 1 aromatic carbocycles. The van der Waals surface area contributed by atoms with Gasteiger partial charge in [0.15, 0.2) is 0 Å². The Kier molecular flexibility index (Phi) is 4.09. The maximum Gasteiger partial charge on any atom is 0.270 e. The number of amides is 1. The van der Waals surface area contributed by atoms with Crippen molar-refractivity contribution in [1.29, 1.82) is 0 Å². The van der Waals surface area contributed by atoms with Crippen molar-refractivity contribution < 1.29 is 9.72 Å². The van der Waals surface area contributed by atoms with Gasteiger partial charge in [0.05, 0.1) is 17.2 Å². The van der Waals surface area contributed by atoms with Crippen molar-refractivity contribution in [2.45, 2.75) is 20.0 Å². The zero-order valence-corrected chi connectivity index (χ0v) is 10.9. The van der Waals surface area contributed by atoms with Gasteiger partial charge in [-0.05, 0) is 19.1 Å². The van der Waals surface area contributed by atoms with Gasteiger partial charge in [-0.25, -0.2) is 0 Å². The van der Waals surface area contributed by atoms with Crippen LogP contribution in [0.25, 0.3) is 0 Å². The van der Waals surface area contributed by atoms with Gasteiger partial charge in [0, 0.05) is 30.4 Å². The van der Waals surface area contributed by atoms with Crippen molar-refractivity contribution in [2.24, 2.45) is 0 Å². The van der Waals surface area contributed by atoms with Crippen molar-refractivity contribution in [3.63, 3.8) is 0 Å². The number of carbonyl (C=O) groups excluding carboxylic acids is 1. The molecule has 0 spiro atoms. The Bertz CT molecular complexity index is 636. The van der Waals surface area contributed by atoms with Gasteiger partial charge < -0.3 is 5.32 Å². The van der Waals surface area contributed by atoms with E-state index in [0.29, 0.717) is 6.54 Å². The number of hydrogen-bond donors (Lipinski definition) is 1. The smallest absolute Gasteiger partial charge is 0.270 e. The van der Waals surface area contributed by atoms with Crippen LogP contribution in [0.5, 0.6) is 0 Å². The fraction of sp³-hybridized carbons (Fsp3) is 0.231. The summed E-state index contributed by atoms with van der Waals surface area (Å²) in [5, 5.41) is 17.5. The lowest BCUT2D eigenvalue weighted by molar-refractivity contribution is -0.384. The molecular weight excluding hydrogens is 260 g/mol. The summed E-state index contributed by atoms with van der Waals surface area (Å²) in [5.74, 6) is -0.349. The topological polar surface area (TPSA) is 90.1 Å². The molecule has 20 heavy (non-hydrogen) atoms. The second kappa shape index (κ2) is 5.96. The second-order valence-corrected chi connectivity index (χ2v) is 4.13. The average molecular weight is 274 g/mol. The number of benzene rings is 1. The summed E-state index contributed by atoms with van der Waals surface area (Å²) in [6.07, 6.45) is 1.67. The van der Waals surface area contributed by atoms with E-state index in [1.165, 1.54) is 18.2 Å². The Labute approximate surface area is 115 Å². The monoisotopic (exact) mass is 274 g/mol. The molecule has 2 aromatic rings. The van der Waals surface area contributed by atoms with E-state index in [0.717, 1.165) is 12.2 Å². The van der Waals surface area contributed by atoms with E-state index in [2.05, 4.69) is 10.4 Å². The van der Waals surface area contributed by atoms with Crippen molar-refractivity contribution in [2.75, 3.05) is 0 Å². The number of carbonyl (C=O) groups is 1. The Morgan fingerprint density at radius 1 is 1.45 bits per heavy atom. The zero-order chi connectivity index (χ0) is 14.5. The van der Waals surface area contributed by atoms with E-state index >= 15 is 0 Å². The number of nitrogens with zero attached hydrogens (tertiary/aromatic N) is 3. The molecule has 0 atom stereocenters. The van der Waals surface area contributed by atoms with Crippen LogP contribution in [-0.4, -0.2) is 20.6 Å². The maximum atomic E-state index is 12.0. The molecule has 1 amide bonds. The van der Waals surface area contributed by atoms with E-state index in [-0.39, 0.29) is 17.2 Å². The number of nitrogens with one attached hydrogen (secondary N) is 1. The van der Waals surface area contributed by atoms with Crippen LogP contribution in [0.2, 0.25) is 0 Å². The quantitative estimate of drug-likeness (QED) is 0.664. The SMILES string of the molecule is CCn1nccc1CNC(=O)c1cccc([N+](=O)[O-])c1. The van der Waals surface area contributed by atoms with Crippen LogP contribution >= 0.6 is 0 Å². The minimum atomic E-state index is -0.525. The Morgan fingerprint density at radius 2 is 2.25 bits per heavy atom. The number of nitro benzene ring substituents is 1. The molecular formula is C13H14N4O3. The Balaban J connectivity index is 2.05. The summed E-state index contributed by atoms with van der Waals surface area (Å²) in [5.41, 5.74) is 1.05. The normalized spacial score (nSPS) is 10.2. The summed E-state index contributed by atoms with van der Waals surface area (Å²) in [4.78, 5) is 22.1. The third-order valence-corrected chi connectivity index (χ3v) is 2.85. The van der Waals surface area contributed by atoms with Gasteiger partial charge >= 0.3 is 0 Å². The minimum Gasteiger partial charge on any atom is -0.346 e. The molecule has 0 saturated heterocycles. The first-order chi connectivity index (χ1) is 9.61. The molecule has 1 N–H and O–H groups in total. The molecule has 0 saturated carbocycles. The predicted molar refractivity (Wildman–Crippen MR) is 72.2 cm³/mol. The highest BCUT2D eigenvalue weighted by Gasteiger charge is 2.11. The lowest BCUT2D eigenvalue weighted by atomic mass is 10.2. The summed E-state index contributed by atoms with van der Waals surface area (Å²) in [7, 11) is 0. The summed E-state index contributed by atoms with van der Waals surface area (Å²) in [6.45, 7) is 3.00. The first kappa shape index (κ1) is 13.7. The number of rotatable bonds is 5. The maximum absolute atomic E-state index is 12.0. The van der Waals surface area contributed by atoms with Gasteiger partial charge in [0.25, 0.3) is 11.6 Å². The van der Waals surface area contributed by atoms with Crippen molar-refractivity contribution in [1.82, 2.24) is 15.1 Å². The number of aryl methyl sites for hydroxylation is 1. The number of nitro groups is 1. The zero-order valence-electron chi connectivity index (χ0n) is 10.9. The molecule has 0 aliphatic heterocycles. The predicted octanol–water partition coefficient (Wildman–Crippen LogP) is 1.74. The third kappa shape index (κ3) is 3.00. The van der Waals surface area contributed by atoms with E-state index < -0.39 is 4.92 Å². The van der Waals surface area contributed by atoms with Crippen molar-refractivity contribution in [3.05, 3.63) is 57.9 Å². The highest BCUT2D eigenvalue weighted by atomic mass is 16.6. The van der Waals surface area contributed by atoms with Crippen LogP contribution in [0, 0.1) is 10.1 Å². The average Bonchev–Trinajstić information content (AvgIpc) is 2.92. The van der Waals surface area contributed by atoms with Gasteiger partial charge in [-0.15, -0.1) is 0 Å². The van der Waals surface area contributed by atoms with Gasteiger partial charge in [0.2, 0.25) is 0 Å². The van der Waals surface area contributed by atoms with Crippen LogP contribution in [0.1, 0.15) is 23.0 Å². The molecule has 0 aliphatic carbocycles. The van der Waals surface area contributed by atoms with Crippen molar-refractivity contribution >= 4 is 11.6 Å².